The van der Waals surface area contributed by atoms with Gasteiger partial charge in [0, 0.05) is 12.7 Å². The van der Waals surface area contributed by atoms with Crippen LogP contribution in [0.3, 0.4) is 0 Å². The molecule has 0 fully saturated rings. The zero-order chi connectivity index (χ0) is 13.9. The Kier molecular flexibility index (Phi) is 8.08. The van der Waals surface area contributed by atoms with Gasteiger partial charge in [-0.3, -0.25) is 0 Å². The van der Waals surface area contributed by atoms with Crippen molar-refractivity contribution in [3.8, 4) is 17.6 Å². The van der Waals surface area contributed by atoms with Crippen molar-refractivity contribution in [2.75, 3.05) is 39.4 Å². The summed E-state index contributed by atoms with van der Waals surface area (Å²) in [5.74, 6) is 7.01. The zero-order valence-electron chi connectivity index (χ0n) is 11.4. The summed E-state index contributed by atoms with van der Waals surface area (Å²) < 4.78 is 15.8. The highest BCUT2D eigenvalue weighted by atomic mass is 35.5. The zero-order valence-corrected chi connectivity index (χ0v) is 12.1. The molecule has 0 unspecified atom stereocenters. The standard InChI is InChI=1S/C15H19ClO3/c1-13-12-15(6-5-14(13)4-3-7-16)19-11-10-18-9-8-17-2/h5-6,12H,7-11H2,1-2H3. The lowest BCUT2D eigenvalue weighted by molar-refractivity contribution is 0.0544. The fraction of sp³-hybridized carbons (Fsp3) is 0.467. The molecule has 0 heterocycles. The number of hydrogen-bond acceptors (Lipinski definition) is 3. The first-order valence-corrected chi connectivity index (χ1v) is 6.66. The van der Waals surface area contributed by atoms with Crippen LogP contribution in [0.4, 0.5) is 0 Å². The molecule has 3 nitrogen and oxygen atoms in total. The van der Waals surface area contributed by atoms with Crippen LogP contribution in [0.5, 0.6) is 5.75 Å². The molecule has 0 aliphatic carbocycles. The van der Waals surface area contributed by atoms with Crippen LogP contribution in [0, 0.1) is 18.8 Å². The Labute approximate surface area is 119 Å². The number of benzene rings is 1. The van der Waals surface area contributed by atoms with Crippen LogP contribution in [-0.2, 0) is 9.47 Å². The molecule has 19 heavy (non-hydrogen) atoms. The molecule has 0 aliphatic heterocycles. The topological polar surface area (TPSA) is 27.7 Å². The van der Waals surface area contributed by atoms with Gasteiger partial charge in [0.05, 0.1) is 25.7 Å². The van der Waals surface area contributed by atoms with Crippen LogP contribution in [0.25, 0.3) is 0 Å². The average Bonchev–Trinajstić information content (AvgIpc) is 2.42. The third-order valence-corrected chi connectivity index (χ3v) is 2.55. The predicted molar refractivity (Wildman–Crippen MR) is 77.0 cm³/mol. The van der Waals surface area contributed by atoms with Gasteiger partial charge in [-0.2, -0.15) is 0 Å². The average molecular weight is 283 g/mol. The van der Waals surface area contributed by atoms with E-state index >= 15 is 0 Å². The molecule has 1 aromatic rings. The largest absolute Gasteiger partial charge is 0.491 e. The molecule has 4 heteroatoms. The molecule has 0 spiro atoms. The number of hydrogen-bond donors (Lipinski definition) is 0. The summed E-state index contributed by atoms with van der Waals surface area (Å²) in [6.07, 6.45) is 0. The highest BCUT2D eigenvalue weighted by Crippen LogP contribution is 2.16. The van der Waals surface area contributed by atoms with E-state index in [0.29, 0.717) is 32.3 Å². The molecule has 0 radical (unpaired) electrons. The summed E-state index contributed by atoms with van der Waals surface area (Å²) in [6.45, 7) is 4.27. The van der Waals surface area contributed by atoms with E-state index in [4.69, 9.17) is 25.8 Å². The highest BCUT2D eigenvalue weighted by Gasteiger charge is 1.99. The molecule has 104 valence electrons. The minimum Gasteiger partial charge on any atom is -0.491 e. The lowest BCUT2D eigenvalue weighted by Crippen LogP contribution is -2.10. The van der Waals surface area contributed by atoms with Crippen molar-refractivity contribution in [1.29, 1.82) is 0 Å². The van der Waals surface area contributed by atoms with Gasteiger partial charge in [-0.25, -0.2) is 0 Å². The first-order valence-electron chi connectivity index (χ1n) is 6.13. The third kappa shape index (κ3) is 6.49. The number of ether oxygens (including phenoxy) is 3. The monoisotopic (exact) mass is 282 g/mol. The summed E-state index contributed by atoms with van der Waals surface area (Å²) in [4.78, 5) is 0. The molecular weight excluding hydrogens is 264 g/mol. The summed E-state index contributed by atoms with van der Waals surface area (Å²) in [7, 11) is 1.65. The van der Waals surface area contributed by atoms with E-state index in [9.17, 15) is 0 Å². The van der Waals surface area contributed by atoms with Crippen LogP contribution in [0.15, 0.2) is 18.2 Å². The Morgan fingerprint density at radius 3 is 2.63 bits per heavy atom. The Morgan fingerprint density at radius 1 is 1.16 bits per heavy atom. The first-order chi connectivity index (χ1) is 9.27. The molecule has 0 saturated heterocycles. The second-order valence-corrected chi connectivity index (χ2v) is 4.13. The van der Waals surface area contributed by atoms with Crippen molar-refractivity contribution >= 4 is 11.6 Å². The Hall–Kier alpha value is -1.21. The quantitative estimate of drug-likeness (QED) is 0.437. The number of aryl methyl sites for hydroxylation is 1. The van der Waals surface area contributed by atoms with E-state index in [1.54, 1.807) is 7.11 Å². The highest BCUT2D eigenvalue weighted by molar-refractivity contribution is 6.19. The maximum atomic E-state index is 5.59. The second kappa shape index (κ2) is 9.69. The van der Waals surface area contributed by atoms with E-state index in [1.807, 2.05) is 25.1 Å². The lowest BCUT2D eigenvalue weighted by Gasteiger charge is -2.08. The second-order valence-electron chi connectivity index (χ2n) is 3.87. The SMILES string of the molecule is COCCOCCOc1ccc(C#CCCl)c(C)c1. The van der Waals surface area contributed by atoms with Crippen molar-refractivity contribution in [3.05, 3.63) is 29.3 Å². The molecule has 1 rings (SSSR count). The van der Waals surface area contributed by atoms with Gasteiger partial charge in [0.1, 0.15) is 12.4 Å². The normalized spacial score (nSPS) is 9.84. The van der Waals surface area contributed by atoms with Gasteiger partial charge in [0.2, 0.25) is 0 Å². The minimum absolute atomic E-state index is 0.344. The van der Waals surface area contributed by atoms with Gasteiger partial charge in [0.25, 0.3) is 0 Å². The lowest BCUT2D eigenvalue weighted by atomic mass is 10.1. The van der Waals surface area contributed by atoms with Crippen molar-refractivity contribution < 1.29 is 14.2 Å². The Bertz CT molecular complexity index is 435. The summed E-state index contributed by atoms with van der Waals surface area (Å²) >= 11 is 5.53. The van der Waals surface area contributed by atoms with Gasteiger partial charge in [-0.15, -0.1) is 11.6 Å². The summed E-state index contributed by atoms with van der Waals surface area (Å²) in [5.41, 5.74) is 2.06. The molecule has 0 bridgehead atoms. The van der Waals surface area contributed by atoms with Crippen LogP contribution in [0.2, 0.25) is 0 Å². The summed E-state index contributed by atoms with van der Waals surface area (Å²) in [6, 6.07) is 5.81. The van der Waals surface area contributed by atoms with Gasteiger partial charge in [0.15, 0.2) is 0 Å². The van der Waals surface area contributed by atoms with Crippen molar-refractivity contribution in [2.45, 2.75) is 6.92 Å². The molecule has 0 N–H and O–H groups in total. The van der Waals surface area contributed by atoms with Crippen LogP contribution in [-0.4, -0.2) is 39.4 Å². The third-order valence-electron chi connectivity index (χ3n) is 2.42. The maximum absolute atomic E-state index is 5.59. The molecular formula is C15H19ClO3. The molecule has 0 saturated carbocycles. The van der Waals surface area contributed by atoms with E-state index in [-0.39, 0.29) is 0 Å². The Morgan fingerprint density at radius 2 is 1.95 bits per heavy atom. The van der Waals surface area contributed by atoms with Gasteiger partial charge in [-0.1, -0.05) is 11.8 Å². The van der Waals surface area contributed by atoms with Gasteiger partial charge in [-0.05, 0) is 30.7 Å². The Balaban J connectivity index is 2.37. The molecule has 1 aromatic carbocycles. The van der Waals surface area contributed by atoms with E-state index in [1.165, 1.54) is 0 Å². The van der Waals surface area contributed by atoms with Crippen LogP contribution < -0.4 is 4.74 Å². The predicted octanol–water partition coefficient (Wildman–Crippen LogP) is 2.63. The smallest absolute Gasteiger partial charge is 0.119 e. The van der Waals surface area contributed by atoms with E-state index in [0.717, 1.165) is 16.9 Å². The minimum atomic E-state index is 0.344. The van der Waals surface area contributed by atoms with Crippen molar-refractivity contribution in [1.82, 2.24) is 0 Å². The van der Waals surface area contributed by atoms with Gasteiger partial charge >= 0.3 is 0 Å². The van der Waals surface area contributed by atoms with E-state index < -0.39 is 0 Å². The molecule has 0 aliphatic rings. The number of rotatable bonds is 7. The van der Waals surface area contributed by atoms with Crippen molar-refractivity contribution in [3.63, 3.8) is 0 Å². The van der Waals surface area contributed by atoms with Gasteiger partial charge < -0.3 is 14.2 Å². The van der Waals surface area contributed by atoms with Crippen molar-refractivity contribution in [2.24, 2.45) is 0 Å². The van der Waals surface area contributed by atoms with Crippen LogP contribution in [0.1, 0.15) is 11.1 Å². The van der Waals surface area contributed by atoms with E-state index in [2.05, 4.69) is 11.8 Å². The number of methoxy groups -OCH3 is 1. The fourth-order valence-corrected chi connectivity index (χ4v) is 1.52. The number of alkyl halides is 1. The fourth-order valence-electron chi connectivity index (χ4n) is 1.46. The summed E-state index contributed by atoms with van der Waals surface area (Å²) in [5, 5.41) is 0. The molecule has 0 aromatic heterocycles. The maximum Gasteiger partial charge on any atom is 0.119 e. The molecule has 0 atom stereocenters. The first kappa shape index (κ1) is 15.8. The number of halogens is 1. The van der Waals surface area contributed by atoms with Crippen LogP contribution >= 0.6 is 11.6 Å². The molecule has 0 amide bonds.